The Morgan fingerprint density at radius 3 is 2.63 bits per heavy atom. The van der Waals surface area contributed by atoms with E-state index < -0.39 is 10.0 Å². The minimum atomic E-state index is -3.79. The zero-order chi connectivity index (χ0) is 24.8. The molecule has 1 N–H and O–H groups in total. The van der Waals surface area contributed by atoms with Crippen LogP contribution in [-0.2, 0) is 26.1 Å². The van der Waals surface area contributed by atoms with E-state index in [1.54, 1.807) is 23.0 Å². The number of rotatable bonds is 9. The average Bonchev–Trinajstić information content (AvgIpc) is 3.33. The van der Waals surface area contributed by atoms with Crippen LogP contribution in [0.2, 0.25) is 0 Å². The van der Waals surface area contributed by atoms with Crippen LogP contribution in [0.25, 0.3) is 5.69 Å². The van der Waals surface area contributed by atoms with E-state index in [1.807, 2.05) is 48.5 Å². The molecular weight excluding hydrogens is 470 g/mol. The largest absolute Gasteiger partial charge is 0.495 e. The van der Waals surface area contributed by atoms with Gasteiger partial charge in [0.05, 0.1) is 38.8 Å². The molecule has 2 heterocycles. The number of ether oxygens (including phenoxy) is 2. The lowest BCUT2D eigenvalue weighted by Crippen LogP contribution is -2.40. The van der Waals surface area contributed by atoms with Gasteiger partial charge in [0.25, 0.3) is 0 Å². The number of anilines is 1. The van der Waals surface area contributed by atoms with Crippen molar-refractivity contribution < 1.29 is 22.7 Å². The van der Waals surface area contributed by atoms with Gasteiger partial charge in [-0.3, -0.25) is 9.69 Å². The predicted molar refractivity (Wildman–Crippen MR) is 131 cm³/mol. The summed E-state index contributed by atoms with van der Waals surface area (Å²) >= 11 is 0. The van der Waals surface area contributed by atoms with Crippen molar-refractivity contribution >= 4 is 21.6 Å². The summed E-state index contributed by atoms with van der Waals surface area (Å²) in [5.74, 6) is -0.0372. The second-order valence-electron chi connectivity index (χ2n) is 8.23. The molecule has 0 saturated carbocycles. The van der Waals surface area contributed by atoms with E-state index in [9.17, 15) is 13.2 Å². The van der Waals surface area contributed by atoms with Crippen LogP contribution in [0.3, 0.4) is 0 Å². The van der Waals surface area contributed by atoms with Crippen molar-refractivity contribution in [3.05, 3.63) is 66.5 Å². The maximum Gasteiger partial charge on any atom is 0.246 e. The number of para-hydroxylation sites is 1. The van der Waals surface area contributed by atoms with Gasteiger partial charge in [0.15, 0.2) is 0 Å². The first-order valence-electron chi connectivity index (χ1n) is 11.2. The van der Waals surface area contributed by atoms with Crippen LogP contribution in [0.1, 0.15) is 5.56 Å². The first-order chi connectivity index (χ1) is 16.9. The number of nitrogens with one attached hydrogen (secondary N) is 1. The maximum absolute atomic E-state index is 13.2. The third-order valence-corrected chi connectivity index (χ3v) is 7.48. The highest BCUT2D eigenvalue weighted by Crippen LogP contribution is 2.30. The molecule has 1 amide bonds. The Morgan fingerprint density at radius 1 is 1.17 bits per heavy atom. The smallest absolute Gasteiger partial charge is 0.246 e. The summed E-state index contributed by atoms with van der Waals surface area (Å²) in [5.41, 5.74) is 2.31. The van der Waals surface area contributed by atoms with E-state index >= 15 is 0 Å². The molecule has 1 saturated heterocycles. The summed E-state index contributed by atoms with van der Waals surface area (Å²) in [6.07, 6.45) is 3.70. The molecule has 1 fully saturated rings. The topological polar surface area (TPSA) is 106 Å². The summed E-state index contributed by atoms with van der Waals surface area (Å²) in [7, 11) is -0.538. The number of sulfonamides is 1. The number of hydrogen-bond donors (Lipinski definition) is 1. The summed E-state index contributed by atoms with van der Waals surface area (Å²) < 4.78 is 40.0. The lowest BCUT2D eigenvalue weighted by atomic mass is 10.3. The van der Waals surface area contributed by atoms with Crippen LogP contribution in [0.15, 0.2) is 65.8 Å². The van der Waals surface area contributed by atoms with Gasteiger partial charge in [0, 0.05) is 37.1 Å². The van der Waals surface area contributed by atoms with E-state index in [2.05, 4.69) is 10.4 Å². The summed E-state index contributed by atoms with van der Waals surface area (Å²) in [5, 5.41) is 7.17. The standard InChI is InChI=1S/C24H29N5O5S/c1-27(16-19-15-25-29(17-19)21-6-4-3-5-7-21)18-24(30)26-20-8-9-22(33-2)23(14-20)35(31,32)28-10-12-34-13-11-28/h3-9,14-15,17H,10-13,16,18H2,1-2H3,(H,26,30). The monoisotopic (exact) mass is 499 g/mol. The Bertz CT molecular complexity index is 1260. The van der Waals surface area contributed by atoms with E-state index in [4.69, 9.17) is 9.47 Å². The minimum absolute atomic E-state index is 0.0152. The number of hydrogen-bond acceptors (Lipinski definition) is 7. The molecule has 1 aliphatic heterocycles. The fourth-order valence-electron chi connectivity index (χ4n) is 3.86. The molecule has 0 radical (unpaired) electrons. The van der Waals surface area contributed by atoms with Gasteiger partial charge in [-0.05, 0) is 37.4 Å². The third kappa shape index (κ3) is 6.06. The second kappa shape index (κ2) is 11.0. The van der Waals surface area contributed by atoms with Gasteiger partial charge in [-0.1, -0.05) is 18.2 Å². The zero-order valence-corrected chi connectivity index (χ0v) is 20.6. The van der Waals surface area contributed by atoms with Gasteiger partial charge >= 0.3 is 0 Å². The van der Waals surface area contributed by atoms with Gasteiger partial charge in [-0.25, -0.2) is 13.1 Å². The van der Waals surface area contributed by atoms with Crippen molar-refractivity contribution in [1.82, 2.24) is 19.0 Å². The Kier molecular flexibility index (Phi) is 7.81. The summed E-state index contributed by atoms with van der Waals surface area (Å²) in [4.78, 5) is 14.5. The minimum Gasteiger partial charge on any atom is -0.495 e. The van der Waals surface area contributed by atoms with Gasteiger partial charge in [0.1, 0.15) is 10.6 Å². The number of carbonyl (C=O) groups is 1. The Hall–Kier alpha value is -3.25. The van der Waals surface area contributed by atoms with E-state index in [1.165, 1.54) is 17.5 Å². The number of aromatic nitrogens is 2. The molecule has 10 nitrogen and oxygen atoms in total. The van der Waals surface area contributed by atoms with Crippen LogP contribution in [-0.4, -0.2) is 80.3 Å². The second-order valence-corrected chi connectivity index (χ2v) is 10.1. The molecule has 35 heavy (non-hydrogen) atoms. The number of benzene rings is 2. The zero-order valence-electron chi connectivity index (χ0n) is 19.8. The van der Waals surface area contributed by atoms with Crippen molar-refractivity contribution in [3.63, 3.8) is 0 Å². The Labute approximate surface area is 205 Å². The third-order valence-electron chi connectivity index (χ3n) is 5.56. The van der Waals surface area contributed by atoms with E-state index in [0.29, 0.717) is 25.4 Å². The van der Waals surface area contributed by atoms with Crippen molar-refractivity contribution in [1.29, 1.82) is 0 Å². The molecule has 1 aromatic heterocycles. The van der Waals surface area contributed by atoms with Crippen LogP contribution in [0, 0.1) is 0 Å². The SMILES string of the molecule is COc1ccc(NC(=O)CN(C)Cc2cnn(-c3ccccc3)c2)cc1S(=O)(=O)N1CCOCC1. The highest BCUT2D eigenvalue weighted by molar-refractivity contribution is 7.89. The molecule has 4 rings (SSSR count). The molecule has 0 atom stereocenters. The number of morpholine rings is 1. The fraction of sp³-hybridized carbons (Fsp3) is 0.333. The van der Waals surface area contributed by atoms with Gasteiger partial charge < -0.3 is 14.8 Å². The van der Waals surface area contributed by atoms with E-state index in [0.717, 1.165) is 11.3 Å². The molecule has 0 spiro atoms. The molecule has 0 unspecified atom stereocenters. The normalized spacial score (nSPS) is 14.7. The van der Waals surface area contributed by atoms with Crippen molar-refractivity contribution in [3.8, 4) is 11.4 Å². The molecule has 0 aliphatic carbocycles. The van der Waals surface area contributed by atoms with Crippen LogP contribution >= 0.6 is 0 Å². The molecule has 0 bridgehead atoms. The Balaban J connectivity index is 1.40. The number of nitrogens with zero attached hydrogens (tertiary/aromatic N) is 4. The van der Waals surface area contributed by atoms with Crippen LogP contribution < -0.4 is 10.1 Å². The quantitative estimate of drug-likeness (QED) is 0.480. The van der Waals surface area contributed by atoms with Crippen LogP contribution in [0.4, 0.5) is 5.69 Å². The molecule has 186 valence electrons. The molecule has 11 heteroatoms. The van der Waals surface area contributed by atoms with E-state index in [-0.39, 0.29) is 36.2 Å². The van der Waals surface area contributed by atoms with Gasteiger partial charge in [-0.2, -0.15) is 9.40 Å². The fourth-order valence-corrected chi connectivity index (χ4v) is 5.45. The van der Waals surface area contributed by atoms with Gasteiger partial charge in [0.2, 0.25) is 15.9 Å². The van der Waals surface area contributed by atoms with Crippen molar-refractivity contribution in [2.75, 3.05) is 52.3 Å². The van der Waals surface area contributed by atoms with Crippen LogP contribution in [0.5, 0.6) is 5.75 Å². The number of likely N-dealkylation sites (N-methyl/N-ethyl adjacent to an activating group) is 1. The number of amides is 1. The summed E-state index contributed by atoms with van der Waals surface area (Å²) in [6, 6.07) is 14.4. The predicted octanol–water partition coefficient (Wildman–Crippen LogP) is 1.97. The lowest BCUT2D eigenvalue weighted by Gasteiger charge is -2.27. The first kappa shape index (κ1) is 24.9. The molecule has 1 aliphatic rings. The number of methoxy groups -OCH3 is 1. The van der Waals surface area contributed by atoms with Gasteiger partial charge in [-0.15, -0.1) is 0 Å². The first-order valence-corrected chi connectivity index (χ1v) is 12.6. The lowest BCUT2D eigenvalue weighted by molar-refractivity contribution is -0.117. The van der Waals surface area contributed by atoms with Crippen molar-refractivity contribution in [2.45, 2.75) is 11.4 Å². The molecule has 2 aromatic carbocycles. The maximum atomic E-state index is 13.2. The number of carbonyl (C=O) groups excluding carboxylic acids is 1. The average molecular weight is 500 g/mol. The highest BCUT2D eigenvalue weighted by atomic mass is 32.2. The molecule has 3 aromatic rings. The Morgan fingerprint density at radius 2 is 1.91 bits per heavy atom. The van der Waals surface area contributed by atoms with Crippen molar-refractivity contribution in [2.24, 2.45) is 0 Å². The highest BCUT2D eigenvalue weighted by Gasteiger charge is 2.29. The summed E-state index contributed by atoms with van der Waals surface area (Å²) in [6.45, 7) is 1.87. The molecular formula is C24H29N5O5S.